The van der Waals surface area contributed by atoms with E-state index in [2.05, 4.69) is 21.2 Å². The molecule has 198 valence electrons. The molecule has 3 atom stereocenters. The lowest BCUT2D eigenvalue weighted by Gasteiger charge is -2.19. The molecule has 0 aliphatic carbocycles. The molecule has 0 radical (unpaired) electrons. The van der Waals surface area contributed by atoms with Gasteiger partial charge in [-0.05, 0) is 69.4 Å². The van der Waals surface area contributed by atoms with Gasteiger partial charge in [-0.2, -0.15) is 26.3 Å². The molecule has 0 aliphatic rings. The second-order valence-electron chi connectivity index (χ2n) is 7.66. The Labute approximate surface area is 229 Å². The predicted octanol–water partition coefficient (Wildman–Crippen LogP) is 8.20. The second-order valence-corrected chi connectivity index (χ2v) is 11.2. The van der Waals surface area contributed by atoms with Crippen LogP contribution in [0.2, 0.25) is 15.1 Å². The summed E-state index contributed by atoms with van der Waals surface area (Å²) in [6.07, 6.45) is -7.16. The molecular formula is C22H17BrCl3F6NO2S. The van der Waals surface area contributed by atoms with Gasteiger partial charge in [-0.1, -0.05) is 53.0 Å². The van der Waals surface area contributed by atoms with Crippen molar-refractivity contribution in [2.45, 2.75) is 31.2 Å². The second kappa shape index (κ2) is 12.6. The van der Waals surface area contributed by atoms with Crippen LogP contribution in [0.25, 0.3) is 6.08 Å². The van der Waals surface area contributed by atoms with E-state index >= 15 is 0 Å². The van der Waals surface area contributed by atoms with Crippen molar-refractivity contribution < 1.29 is 35.7 Å². The van der Waals surface area contributed by atoms with E-state index in [1.807, 2.05) is 0 Å². The molecule has 3 unspecified atom stereocenters. The summed E-state index contributed by atoms with van der Waals surface area (Å²) >= 11 is 18.5. The van der Waals surface area contributed by atoms with E-state index in [0.717, 1.165) is 18.2 Å². The lowest BCUT2D eigenvalue weighted by atomic mass is 9.97. The van der Waals surface area contributed by atoms with Crippen molar-refractivity contribution in [2.24, 2.45) is 0 Å². The molecular weight excluding hydrogens is 643 g/mol. The fourth-order valence-corrected chi connectivity index (χ4v) is 5.37. The van der Waals surface area contributed by atoms with Crippen LogP contribution in [0.4, 0.5) is 26.3 Å². The minimum absolute atomic E-state index is 0.0642. The Balaban J connectivity index is 2.17. The standard InChI is InChI=1S/C22H17BrCl3F6NO2S/c1-11(9-36(35)10-21(27,28)29)33-20(34)14-4-2-12(6-16(14)23)3-5-15(22(30,31)32)13-7-17(24)19(26)18(25)8-13/h2-8,11,15H,9-10H2,1H3,(H,33,34)/b5-3+. The molecule has 0 heterocycles. The van der Waals surface area contributed by atoms with E-state index in [-0.39, 0.29) is 30.7 Å². The zero-order valence-corrected chi connectivity index (χ0v) is 22.8. The van der Waals surface area contributed by atoms with Crippen molar-refractivity contribution in [2.75, 3.05) is 11.5 Å². The van der Waals surface area contributed by atoms with Crippen LogP contribution in [0.3, 0.4) is 0 Å². The molecule has 3 nitrogen and oxygen atoms in total. The number of hydrogen-bond acceptors (Lipinski definition) is 2. The van der Waals surface area contributed by atoms with Gasteiger partial charge in [0.2, 0.25) is 5.75 Å². The van der Waals surface area contributed by atoms with Crippen LogP contribution in [-0.2, 0) is 11.2 Å². The molecule has 0 saturated heterocycles. The van der Waals surface area contributed by atoms with Crippen molar-refractivity contribution in [3.8, 4) is 0 Å². The van der Waals surface area contributed by atoms with Crippen LogP contribution in [0.1, 0.15) is 34.3 Å². The highest BCUT2D eigenvalue weighted by molar-refractivity contribution is 9.10. The number of carbonyl (C=O) groups is 1. The Morgan fingerprint density at radius 3 is 2.19 bits per heavy atom. The van der Waals surface area contributed by atoms with Gasteiger partial charge < -0.3 is 9.87 Å². The van der Waals surface area contributed by atoms with E-state index in [4.69, 9.17) is 34.8 Å². The van der Waals surface area contributed by atoms with Gasteiger partial charge in [0.1, 0.15) is 5.75 Å². The largest absolute Gasteiger partial charge is 0.616 e. The monoisotopic (exact) mass is 657 g/mol. The summed E-state index contributed by atoms with van der Waals surface area (Å²) in [7, 11) is 0. The third-order valence-electron chi connectivity index (χ3n) is 4.57. The molecule has 2 rings (SSSR count). The van der Waals surface area contributed by atoms with E-state index in [1.165, 1.54) is 31.2 Å². The minimum Gasteiger partial charge on any atom is -0.616 e. The zero-order valence-electron chi connectivity index (χ0n) is 18.1. The number of rotatable bonds is 8. The van der Waals surface area contributed by atoms with E-state index in [0.29, 0.717) is 5.56 Å². The third kappa shape index (κ3) is 9.33. The van der Waals surface area contributed by atoms with Gasteiger partial charge >= 0.3 is 12.4 Å². The molecule has 0 aromatic heterocycles. The van der Waals surface area contributed by atoms with Crippen LogP contribution in [0.5, 0.6) is 0 Å². The molecule has 0 aliphatic heterocycles. The smallest absolute Gasteiger partial charge is 0.433 e. The first kappa shape index (κ1) is 31.1. The van der Waals surface area contributed by atoms with Gasteiger partial charge in [-0.25, -0.2) is 0 Å². The number of amides is 1. The summed E-state index contributed by atoms with van der Waals surface area (Å²) in [5.41, 5.74) is 0.188. The summed E-state index contributed by atoms with van der Waals surface area (Å²) in [6, 6.07) is 5.44. The summed E-state index contributed by atoms with van der Waals surface area (Å²) in [4.78, 5) is 12.5. The summed E-state index contributed by atoms with van der Waals surface area (Å²) < 4.78 is 89.9. The lowest BCUT2D eigenvalue weighted by Crippen LogP contribution is -2.39. The van der Waals surface area contributed by atoms with Gasteiger partial charge in [-0.3, -0.25) is 4.79 Å². The number of allylic oxidation sites excluding steroid dienone is 1. The van der Waals surface area contributed by atoms with Crippen LogP contribution >= 0.6 is 50.7 Å². The number of halogens is 10. The first-order chi connectivity index (χ1) is 16.5. The maximum atomic E-state index is 13.7. The van der Waals surface area contributed by atoms with Crippen molar-refractivity contribution in [1.82, 2.24) is 5.32 Å². The molecule has 14 heteroatoms. The van der Waals surface area contributed by atoms with Crippen molar-refractivity contribution in [3.05, 3.63) is 72.6 Å². The molecule has 2 aromatic carbocycles. The average molecular weight is 660 g/mol. The van der Waals surface area contributed by atoms with Crippen LogP contribution < -0.4 is 5.32 Å². The molecule has 0 bridgehead atoms. The number of nitrogens with one attached hydrogen (secondary N) is 1. The number of benzene rings is 2. The topological polar surface area (TPSA) is 52.2 Å². The lowest BCUT2D eigenvalue weighted by molar-refractivity contribution is -0.139. The molecule has 2 aromatic rings. The van der Waals surface area contributed by atoms with Crippen LogP contribution in [0.15, 0.2) is 40.9 Å². The minimum atomic E-state index is -4.67. The molecule has 0 saturated carbocycles. The molecule has 1 amide bonds. The molecule has 1 N–H and O–H groups in total. The summed E-state index contributed by atoms with van der Waals surface area (Å²) in [5.74, 6) is -4.59. The Kier molecular flexibility index (Phi) is 10.9. The molecule has 0 spiro atoms. The molecule has 36 heavy (non-hydrogen) atoms. The van der Waals surface area contributed by atoms with Crippen LogP contribution in [-0.4, -0.2) is 40.4 Å². The molecule has 0 fully saturated rings. The fourth-order valence-electron chi connectivity index (χ4n) is 3.05. The zero-order chi connectivity index (χ0) is 27.4. The highest BCUT2D eigenvalue weighted by Gasteiger charge is 2.39. The van der Waals surface area contributed by atoms with E-state index in [1.54, 1.807) is 0 Å². The Morgan fingerprint density at radius 1 is 1.11 bits per heavy atom. The first-order valence-electron chi connectivity index (χ1n) is 9.89. The third-order valence-corrected chi connectivity index (χ3v) is 7.95. The first-order valence-corrected chi connectivity index (χ1v) is 13.3. The van der Waals surface area contributed by atoms with Crippen molar-refractivity contribution in [1.29, 1.82) is 0 Å². The highest BCUT2D eigenvalue weighted by Crippen LogP contribution is 2.41. The van der Waals surface area contributed by atoms with Crippen LogP contribution in [0, 0.1) is 0 Å². The van der Waals surface area contributed by atoms with Gasteiger partial charge in [0.05, 0.1) is 32.6 Å². The van der Waals surface area contributed by atoms with Gasteiger partial charge in [0.15, 0.2) is 0 Å². The average Bonchev–Trinajstić information content (AvgIpc) is 2.69. The number of alkyl halides is 6. The maximum Gasteiger partial charge on any atom is 0.433 e. The van der Waals surface area contributed by atoms with Crippen molar-refractivity contribution in [3.63, 3.8) is 0 Å². The number of carbonyl (C=O) groups excluding carboxylic acids is 1. The summed E-state index contributed by atoms with van der Waals surface area (Å²) in [5, 5.41) is 2.13. The number of hydrogen-bond donors (Lipinski definition) is 1. The predicted molar refractivity (Wildman–Crippen MR) is 134 cm³/mol. The van der Waals surface area contributed by atoms with Crippen molar-refractivity contribution >= 4 is 73.9 Å². The van der Waals surface area contributed by atoms with Gasteiger partial charge in [-0.15, -0.1) is 0 Å². The summed E-state index contributed by atoms with van der Waals surface area (Å²) in [6.45, 7) is 1.41. The van der Waals surface area contributed by atoms with Gasteiger partial charge in [0.25, 0.3) is 5.91 Å². The fraction of sp³-hybridized carbons (Fsp3) is 0.318. The SMILES string of the molecule is CC(C[S+]([O-])CC(F)(F)F)NC(=O)c1ccc(/C=C/C(c2cc(Cl)c(Cl)c(Cl)c2)C(F)(F)F)cc1Br. The maximum absolute atomic E-state index is 13.7. The Morgan fingerprint density at radius 2 is 1.69 bits per heavy atom. The highest BCUT2D eigenvalue weighted by atomic mass is 79.9. The van der Waals surface area contributed by atoms with E-state index < -0.39 is 52.9 Å². The normalized spacial score (nSPS) is 15.1. The Bertz CT molecular complexity index is 1110. The van der Waals surface area contributed by atoms with Gasteiger partial charge in [0, 0.05) is 4.47 Å². The Hall–Kier alpha value is -1.11. The quantitative estimate of drug-likeness (QED) is 0.177. The van der Waals surface area contributed by atoms with E-state index in [9.17, 15) is 35.7 Å².